The summed E-state index contributed by atoms with van der Waals surface area (Å²) >= 11 is 1.42. The molecule has 2 aromatic heterocycles. The molecule has 0 saturated heterocycles. The zero-order valence-corrected chi connectivity index (χ0v) is 15.6. The number of nitrogens with zero attached hydrogens (tertiary/aromatic N) is 2. The Morgan fingerprint density at radius 1 is 1.22 bits per heavy atom. The van der Waals surface area contributed by atoms with E-state index in [0.29, 0.717) is 17.8 Å². The number of hydrogen-bond donors (Lipinski definition) is 0. The highest BCUT2D eigenvalue weighted by Crippen LogP contribution is 2.37. The highest BCUT2D eigenvalue weighted by atomic mass is 32.1. The molecule has 1 atom stereocenters. The van der Waals surface area contributed by atoms with Crippen molar-refractivity contribution in [2.24, 2.45) is 0 Å². The molecule has 27 heavy (non-hydrogen) atoms. The minimum Gasteiger partial charge on any atom is -0.467 e. The van der Waals surface area contributed by atoms with Crippen LogP contribution in [-0.4, -0.2) is 35.4 Å². The Hall–Kier alpha value is -2.99. The van der Waals surface area contributed by atoms with Crippen LogP contribution in [0.1, 0.15) is 26.8 Å². The number of carbonyl (C=O) groups is 2. The summed E-state index contributed by atoms with van der Waals surface area (Å²) in [4.78, 5) is 32.2. The summed E-state index contributed by atoms with van der Waals surface area (Å²) in [5.41, 5.74) is 3.84. The topological polar surface area (TPSA) is 59.5 Å². The standard InChI is InChI=1S/C21H18N2O3S/c1-26-21(25)18(14-6-3-2-4-7-14)23-11-9-16-17(13-27-19(16)20(23)24)15-8-5-10-22-12-15/h2-8,10,12-13,18H,9,11H2,1H3. The molecule has 3 heterocycles. The predicted molar refractivity (Wildman–Crippen MR) is 103 cm³/mol. The Labute approximate surface area is 161 Å². The van der Waals surface area contributed by atoms with Gasteiger partial charge in [-0.1, -0.05) is 36.4 Å². The van der Waals surface area contributed by atoms with Crippen molar-refractivity contribution in [2.75, 3.05) is 13.7 Å². The number of hydrogen-bond acceptors (Lipinski definition) is 5. The van der Waals surface area contributed by atoms with Crippen LogP contribution in [0, 0.1) is 0 Å². The molecule has 0 N–H and O–H groups in total. The van der Waals surface area contributed by atoms with Crippen molar-refractivity contribution in [3.63, 3.8) is 0 Å². The minimum absolute atomic E-state index is 0.129. The average Bonchev–Trinajstić information content (AvgIpc) is 3.16. The Bertz CT molecular complexity index is 970. The van der Waals surface area contributed by atoms with Crippen LogP contribution in [0.3, 0.4) is 0 Å². The lowest BCUT2D eigenvalue weighted by Crippen LogP contribution is -2.43. The van der Waals surface area contributed by atoms with Crippen LogP contribution >= 0.6 is 11.3 Å². The predicted octanol–water partition coefficient (Wildman–Crippen LogP) is 3.72. The SMILES string of the molecule is COC(=O)C(c1ccccc1)N1CCc2c(-c3cccnc3)csc2C1=O. The van der Waals surface area contributed by atoms with E-state index in [9.17, 15) is 9.59 Å². The molecule has 1 amide bonds. The van der Waals surface area contributed by atoms with Crippen LogP contribution in [0.15, 0.2) is 60.2 Å². The molecular formula is C21H18N2O3S. The molecule has 1 aliphatic rings. The van der Waals surface area contributed by atoms with Crippen LogP contribution in [0.2, 0.25) is 0 Å². The largest absolute Gasteiger partial charge is 0.467 e. The number of carbonyl (C=O) groups excluding carboxylic acids is 2. The Balaban J connectivity index is 1.71. The number of rotatable bonds is 4. The van der Waals surface area contributed by atoms with Gasteiger partial charge in [0.2, 0.25) is 0 Å². The maximum absolute atomic E-state index is 13.2. The second kappa shape index (κ2) is 7.32. The molecular weight excluding hydrogens is 360 g/mol. The summed E-state index contributed by atoms with van der Waals surface area (Å²) in [6.07, 6.45) is 4.23. The van der Waals surface area contributed by atoms with E-state index in [2.05, 4.69) is 4.98 Å². The van der Waals surface area contributed by atoms with Gasteiger partial charge in [0.1, 0.15) is 0 Å². The van der Waals surface area contributed by atoms with E-state index in [4.69, 9.17) is 4.74 Å². The zero-order valence-electron chi connectivity index (χ0n) is 14.8. The first kappa shape index (κ1) is 17.4. The molecule has 0 saturated carbocycles. The van der Waals surface area contributed by atoms with Gasteiger partial charge in [0, 0.05) is 24.5 Å². The summed E-state index contributed by atoms with van der Waals surface area (Å²) in [7, 11) is 1.35. The van der Waals surface area contributed by atoms with E-state index in [-0.39, 0.29) is 5.91 Å². The lowest BCUT2D eigenvalue weighted by atomic mass is 9.96. The van der Waals surface area contributed by atoms with Crippen LogP contribution in [0.5, 0.6) is 0 Å². The molecule has 0 bridgehead atoms. The van der Waals surface area contributed by atoms with Gasteiger partial charge in [0.15, 0.2) is 6.04 Å². The molecule has 5 nitrogen and oxygen atoms in total. The summed E-state index contributed by atoms with van der Waals surface area (Å²) in [6.45, 7) is 0.463. The smallest absolute Gasteiger partial charge is 0.333 e. The normalized spacial score (nSPS) is 14.6. The first-order chi connectivity index (χ1) is 13.2. The van der Waals surface area contributed by atoms with Gasteiger partial charge in [0.25, 0.3) is 5.91 Å². The highest BCUT2D eigenvalue weighted by Gasteiger charge is 2.37. The van der Waals surface area contributed by atoms with E-state index in [1.165, 1.54) is 18.4 Å². The lowest BCUT2D eigenvalue weighted by molar-refractivity contribution is -0.146. The number of esters is 1. The number of benzene rings is 1. The number of methoxy groups -OCH3 is 1. The quantitative estimate of drug-likeness (QED) is 0.649. The van der Waals surface area contributed by atoms with Crippen molar-refractivity contribution in [3.8, 4) is 11.1 Å². The van der Waals surface area contributed by atoms with Crippen LogP contribution < -0.4 is 0 Å². The van der Waals surface area contributed by atoms with Gasteiger partial charge in [-0.25, -0.2) is 4.79 Å². The third kappa shape index (κ3) is 3.13. The van der Waals surface area contributed by atoms with Crippen LogP contribution in [0.4, 0.5) is 0 Å². The molecule has 1 aliphatic heterocycles. The third-order valence-electron chi connectivity index (χ3n) is 4.78. The van der Waals surface area contributed by atoms with Gasteiger partial charge in [-0.15, -0.1) is 11.3 Å². The Kier molecular flexibility index (Phi) is 4.73. The van der Waals surface area contributed by atoms with Crippen molar-refractivity contribution in [3.05, 3.63) is 76.2 Å². The van der Waals surface area contributed by atoms with Crippen molar-refractivity contribution >= 4 is 23.2 Å². The van der Waals surface area contributed by atoms with Crippen LogP contribution in [0.25, 0.3) is 11.1 Å². The fraction of sp³-hybridized carbons (Fsp3) is 0.190. The van der Waals surface area contributed by atoms with Gasteiger partial charge in [-0.2, -0.15) is 0 Å². The summed E-state index contributed by atoms with van der Waals surface area (Å²) in [6, 6.07) is 12.4. The molecule has 0 spiro atoms. The molecule has 1 unspecified atom stereocenters. The molecule has 4 rings (SSSR count). The first-order valence-electron chi connectivity index (χ1n) is 8.65. The molecule has 1 aromatic carbocycles. The van der Waals surface area contributed by atoms with E-state index < -0.39 is 12.0 Å². The highest BCUT2D eigenvalue weighted by molar-refractivity contribution is 7.12. The fourth-order valence-corrected chi connectivity index (χ4v) is 4.56. The van der Waals surface area contributed by atoms with Gasteiger partial charge < -0.3 is 9.64 Å². The number of ether oxygens (including phenoxy) is 1. The molecule has 0 fully saturated rings. The van der Waals surface area contributed by atoms with Gasteiger partial charge >= 0.3 is 5.97 Å². The summed E-state index contributed by atoms with van der Waals surface area (Å²) < 4.78 is 4.99. The molecule has 0 aliphatic carbocycles. The summed E-state index contributed by atoms with van der Waals surface area (Å²) in [5.74, 6) is -0.558. The lowest BCUT2D eigenvalue weighted by Gasteiger charge is -2.33. The van der Waals surface area contributed by atoms with Crippen molar-refractivity contribution < 1.29 is 14.3 Å². The number of amides is 1. The van der Waals surface area contributed by atoms with E-state index in [1.54, 1.807) is 17.3 Å². The minimum atomic E-state index is -0.735. The number of pyridine rings is 1. The maximum atomic E-state index is 13.2. The average molecular weight is 378 g/mol. The number of aromatic nitrogens is 1. The van der Waals surface area contributed by atoms with E-state index in [0.717, 1.165) is 22.3 Å². The summed E-state index contributed by atoms with van der Waals surface area (Å²) in [5, 5.41) is 2.00. The molecule has 0 radical (unpaired) electrons. The van der Waals surface area contributed by atoms with E-state index in [1.807, 2.05) is 47.8 Å². The monoisotopic (exact) mass is 378 g/mol. The van der Waals surface area contributed by atoms with Crippen molar-refractivity contribution in [1.29, 1.82) is 0 Å². The zero-order chi connectivity index (χ0) is 18.8. The van der Waals surface area contributed by atoms with Crippen LogP contribution in [-0.2, 0) is 16.0 Å². The van der Waals surface area contributed by atoms with E-state index >= 15 is 0 Å². The number of fused-ring (bicyclic) bond motifs is 1. The molecule has 6 heteroatoms. The Morgan fingerprint density at radius 2 is 2.04 bits per heavy atom. The fourth-order valence-electron chi connectivity index (χ4n) is 3.48. The van der Waals surface area contributed by atoms with Gasteiger partial charge in [-0.05, 0) is 34.6 Å². The number of thiophene rings is 1. The van der Waals surface area contributed by atoms with Gasteiger partial charge in [-0.3, -0.25) is 9.78 Å². The second-order valence-corrected chi connectivity index (χ2v) is 7.16. The van der Waals surface area contributed by atoms with Crippen molar-refractivity contribution in [2.45, 2.75) is 12.5 Å². The molecule has 136 valence electrons. The molecule has 3 aromatic rings. The Morgan fingerprint density at radius 3 is 2.74 bits per heavy atom. The first-order valence-corrected chi connectivity index (χ1v) is 9.53. The van der Waals surface area contributed by atoms with Gasteiger partial charge in [0.05, 0.1) is 12.0 Å². The maximum Gasteiger partial charge on any atom is 0.333 e. The van der Waals surface area contributed by atoms with Crippen molar-refractivity contribution in [1.82, 2.24) is 9.88 Å². The third-order valence-corrected chi connectivity index (χ3v) is 5.79. The second-order valence-electron chi connectivity index (χ2n) is 6.28.